The zero-order valence-corrected chi connectivity index (χ0v) is 10.1. The summed E-state index contributed by atoms with van der Waals surface area (Å²) >= 11 is 0. The fourth-order valence-corrected chi connectivity index (χ4v) is 1.33. The summed E-state index contributed by atoms with van der Waals surface area (Å²) in [5.41, 5.74) is 0.275. The maximum Gasteiger partial charge on any atom is 0.0529 e. The van der Waals surface area contributed by atoms with Crippen LogP contribution in [0.5, 0.6) is 0 Å². The summed E-state index contributed by atoms with van der Waals surface area (Å²) in [4.78, 5) is 0. The lowest BCUT2D eigenvalue weighted by Crippen LogP contribution is -2.34. The van der Waals surface area contributed by atoms with Gasteiger partial charge in [-0.25, -0.2) is 0 Å². The molecular formula is C12H25NO. The van der Waals surface area contributed by atoms with Gasteiger partial charge in [0.05, 0.1) is 6.61 Å². The van der Waals surface area contributed by atoms with E-state index in [0.29, 0.717) is 5.92 Å². The van der Waals surface area contributed by atoms with Crippen molar-refractivity contribution in [2.45, 2.75) is 46.6 Å². The topological polar surface area (TPSA) is 21.3 Å². The molecule has 0 radical (unpaired) electrons. The molecule has 1 aliphatic carbocycles. The first-order valence-corrected chi connectivity index (χ1v) is 5.81. The number of nitrogens with one attached hydrogen (secondary N) is 1. The van der Waals surface area contributed by atoms with Crippen LogP contribution in [0.2, 0.25) is 0 Å². The van der Waals surface area contributed by atoms with Crippen LogP contribution in [0.1, 0.15) is 40.5 Å². The molecule has 0 aromatic rings. The van der Waals surface area contributed by atoms with E-state index in [0.717, 1.165) is 25.8 Å². The molecule has 0 aromatic heterocycles. The van der Waals surface area contributed by atoms with E-state index in [1.807, 2.05) is 0 Å². The van der Waals surface area contributed by atoms with Gasteiger partial charge < -0.3 is 10.1 Å². The minimum absolute atomic E-state index is 0.275. The molecular weight excluding hydrogens is 174 g/mol. The van der Waals surface area contributed by atoms with E-state index in [2.05, 4.69) is 33.0 Å². The number of rotatable bonds is 7. The van der Waals surface area contributed by atoms with Crippen molar-refractivity contribution < 1.29 is 4.74 Å². The van der Waals surface area contributed by atoms with Gasteiger partial charge in [-0.2, -0.15) is 0 Å². The third-order valence-electron chi connectivity index (χ3n) is 2.39. The monoisotopic (exact) mass is 199 g/mol. The zero-order valence-electron chi connectivity index (χ0n) is 10.1. The zero-order chi connectivity index (χ0) is 10.6. The minimum Gasteiger partial charge on any atom is -0.381 e. The van der Waals surface area contributed by atoms with Gasteiger partial charge in [-0.05, 0) is 18.8 Å². The summed E-state index contributed by atoms with van der Waals surface area (Å²) in [7, 11) is 0. The molecule has 0 atom stereocenters. The van der Waals surface area contributed by atoms with Gasteiger partial charge in [0.1, 0.15) is 0 Å². The van der Waals surface area contributed by atoms with Gasteiger partial charge in [0.2, 0.25) is 0 Å². The Hall–Kier alpha value is -0.0800. The van der Waals surface area contributed by atoms with Crippen molar-refractivity contribution in [3.8, 4) is 0 Å². The second-order valence-electron chi connectivity index (χ2n) is 5.73. The van der Waals surface area contributed by atoms with Gasteiger partial charge >= 0.3 is 0 Å². The van der Waals surface area contributed by atoms with Crippen LogP contribution in [-0.4, -0.2) is 25.8 Å². The van der Waals surface area contributed by atoms with Crippen molar-refractivity contribution in [3.05, 3.63) is 0 Å². The molecule has 0 aliphatic heterocycles. The third kappa shape index (κ3) is 5.61. The Balaban J connectivity index is 2.05. The van der Waals surface area contributed by atoms with E-state index in [1.165, 1.54) is 12.8 Å². The quantitative estimate of drug-likeness (QED) is 0.680. The van der Waals surface area contributed by atoms with Gasteiger partial charge in [0.15, 0.2) is 0 Å². The van der Waals surface area contributed by atoms with Crippen LogP contribution in [0.25, 0.3) is 0 Å². The molecule has 1 aliphatic rings. The predicted octanol–water partition coefficient (Wildman–Crippen LogP) is 2.44. The number of ether oxygens (including phenoxy) is 1. The summed E-state index contributed by atoms with van der Waals surface area (Å²) in [6.45, 7) is 11.7. The molecule has 1 N–H and O–H groups in total. The highest BCUT2D eigenvalue weighted by Crippen LogP contribution is 2.22. The molecule has 1 saturated carbocycles. The van der Waals surface area contributed by atoms with Crippen LogP contribution in [0.15, 0.2) is 0 Å². The highest BCUT2D eigenvalue weighted by molar-refractivity contribution is 4.83. The van der Waals surface area contributed by atoms with Crippen LogP contribution >= 0.6 is 0 Å². The number of hydrogen-bond donors (Lipinski definition) is 1. The van der Waals surface area contributed by atoms with Crippen molar-refractivity contribution in [1.82, 2.24) is 5.32 Å². The summed E-state index contributed by atoms with van der Waals surface area (Å²) < 4.78 is 5.67. The molecule has 84 valence electrons. The fraction of sp³-hybridized carbons (Fsp3) is 1.00. The first-order chi connectivity index (χ1) is 6.49. The molecule has 2 nitrogen and oxygen atoms in total. The lowest BCUT2D eigenvalue weighted by atomic mass is 9.95. The Kier molecular flexibility index (Phi) is 4.39. The van der Waals surface area contributed by atoms with Gasteiger partial charge in [-0.15, -0.1) is 0 Å². The fourth-order valence-electron chi connectivity index (χ4n) is 1.33. The summed E-state index contributed by atoms with van der Waals surface area (Å²) in [5, 5.41) is 3.55. The Morgan fingerprint density at radius 1 is 1.36 bits per heavy atom. The van der Waals surface area contributed by atoms with E-state index in [1.54, 1.807) is 0 Å². The SMILES string of the molecule is CC(C)COCC(C)(C)CNC1CC1. The standard InChI is InChI=1S/C12H25NO/c1-10(2)7-14-9-12(3,4)8-13-11-5-6-11/h10-11,13H,5-9H2,1-4H3. The van der Waals surface area contributed by atoms with Crippen molar-refractivity contribution >= 4 is 0 Å². The van der Waals surface area contributed by atoms with E-state index in [-0.39, 0.29) is 5.41 Å². The lowest BCUT2D eigenvalue weighted by Gasteiger charge is -2.25. The van der Waals surface area contributed by atoms with Gasteiger partial charge in [0, 0.05) is 24.6 Å². The highest BCUT2D eigenvalue weighted by atomic mass is 16.5. The first-order valence-electron chi connectivity index (χ1n) is 5.81. The van der Waals surface area contributed by atoms with Crippen LogP contribution in [0, 0.1) is 11.3 Å². The molecule has 0 unspecified atom stereocenters. The maximum atomic E-state index is 5.67. The molecule has 1 rings (SSSR count). The summed E-state index contributed by atoms with van der Waals surface area (Å²) in [6.07, 6.45) is 2.73. The van der Waals surface area contributed by atoms with Crippen molar-refractivity contribution in [2.75, 3.05) is 19.8 Å². The van der Waals surface area contributed by atoms with Crippen molar-refractivity contribution in [3.63, 3.8) is 0 Å². The van der Waals surface area contributed by atoms with Gasteiger partial charge in [-0.1, -0.05) is 27.7 Å². The van der Waals surface area contributed by atoms with Crippen molar-refractivity contribution in [2.24, 2.45) is 11.3 Å². The van der Waals surface area contributed by atoms with Gasteiger partial charge in [-0.3, -0.25) is 0 Å². The third-order valence-corrected chi connectivity index (χ3v) is 2.39. The molecule has 1 fully saturated rings. The van der Waals surface area contributed by atoms with Crippen LogP contribution in [0.4, 0.5) is 0 Å². The molecule has 14 heavy (non-hydrogen) atoms. The summed E-state index contributed by atoms with van der Waals surface area (Å²) in [5.74, 6) is 0.641. The maximum absolute atomic E-state index is 5.67. The Morgan fingerprint density at radius 2 is 2.00 bits per heavy atom. The van der Waals surface area contributed by atoms with E-state index >= 15 is 0 Å². The summed E-state index contributed by atoms with van der Waals surface area (Å²) in [6, 6.07) is 0.805. The Labute approximate surface area is 88.4 Å². The largest absolute Gasteiger partial charge is 0.381 e. The molecule has 2 heteroatoms. The van der Waals surface area contributed by atoms with Crippen LogP contribution in [0.3, 0.4) is 0 Å². The normalized spacial score (nSPS) is 17.8. The van der Waals surface area contributed by atoms with Crippen LogP contribution < -0.4 is 5.32 Å². The number of hydrogen-bond acceptors (Lipinski definition) is 2. The average molecular weight is 199 g/mol. The predicted molar refractivity (Wildman–Crippen MR) is 60.5 cm³/mol. The molecule has 0 saturated heterocycles. The van der Waals surface area contributed by atoms with E-state index < -0.39 is 0 Å². The minimum atomic E-state index is 0.275. The highest BCUT2D eigenvalue weighted by Gasteiger charge is 2.25. The Morgan fingerprint density at radius 3 is 2.50 bits per heavy atom. The average Bonchev–Trinajstić information content (AvgIpc) is 2.82. The second kappa shape index (κ2) is 5.13. The molecule has 0 spiro atoms. The molecule has 0 amide bonds. The Bertz CT molecular complexity index is 162. The molecule has 0 heterocycles. The van der Waals surface area contributed by atoms with Crippen molar-refractivity contribution in [1.29, 1.82) is 0 Å². The smallest absolute Gasteiger partial charge is 0.0529 e. The molecule has 0 bridgehead atoms. The van der Waals surface area contributed by atoms with E-state index in [9.17, 15) is 0 Å². The van der Waals surface area contributed by atoms with E-state index in [4.69, 9.17) is 4.74 Å². The first kappa shape index (κ1) is 12.0. The van der Waals surface area contributed by atoms with Crippen LogP contribution in [-0.2, 0) is 4.74 Å². The second-order valence-corrected chi connectivity index (χ2v) is 5.73. The lowest BCUT2D eigenvalue weighted by molar-refractivity contribution is 0.0465. The van der Waals surface area contributed by atoms with Gasteiger partial charge in [0.25, 0.3) is 0 Å². The molecule has 0 aromatic carbocycles.